The van der Waals surface area contributed by atoms with E-state index in [2.05, 4.69) is 5.32 Å². The number of benzene rings is 1. The number of nitrogens with one attached hydrogen (secondary N) is 1. The number of allylic oxidation sites excluding steroid dienone is 1. The van der Waals surface area contributed by atoms with E-state index in [0.29, 0.717) is 5.69 Å². The molecule has 3 N–H and O–H groups in total. The predicted octanol–water partition coefficient (Wildman–Crippen LogP) is 1.95. The number of nitrogens with two attached hydrogens (primary N) is 1. The number of halogens is 1. The normalized spacial score (nSPS) is 10.4. The first-order chi connectivity index (χ1) is 7.54. The second-order valence-corrected chi connectivity index (χ2v) is 3.46. The number of primary amides is 1. The minimum absolute atomic E-state index is 0.214. The van der Waals surface area contributed by atoms with Crippen LogP contribution in [0.5, 0.6) is 0 Å². The molecule has 0 bridgehead atoms. The SMILES string of the molecule is CC=CC(=O)Nc1ccc(C(N)=O)c(Cl)c1. The molecule has 1 aromatic rings. The van der Waals surface area contributed by atoms with Gasteiger partial charge in [0.25, 0.3) is 0 Å². The third-order valence-corrected chi connectivity index (χ3v) is 2.13. The molecule has 0 saturated heterocycles. The van der Waals surface area contributed by atoms with Crippen molar-refractivity contribution in [3.05, 3.63) is 40.9 Å². The van der Waals surface area contributed by atoms with Crippen molar-refractivity contribution >= 4 is 29.1 Å². The van der Waals surface area contributed by atoms with Crippen LogP contribution in [0, 0.1) is 0 Å². The molecular formula is C11H11ClN2O2. The first-order valence-corrected chi connectivity index (χ1v) is 4.95. The molecule has 1 rings (SSSR count). The lowest BCUT2D eigenvalue weighted by atomic mass is 10.2. The lowest BCUT2D eigenvalue weighted by Crippen LogP contribution is -2.12. The fourth-order valence-corrected chi connectivity index (χ4v) is 1.40. The molecule has 5 heteroatoms. The molecule has 0 unspecified atom stereocenters. The quantitative estimate of drug-likeness (QED) is 0.790. The topological polar surface area (TPSA) is 72.2 Å². The third-order valence-electron chi connectivity index (χ3n) is 1.82. The summed E-state index contributed by atoms with van der Waals surface area (Å²) < 4.78 is 0. The molecule has 0 aliphatic heterocycles. The van der Waals surface area contributed by atoms with E-state index in [1.807, 2.05) is 0 Å². The van der Waals surface area contributed by atoms with Crippen LogP contribution in [0.4, 0.5) is 5.69 Å². The molecule has 0 fully saturated rings. The Morgan fingerprint density at radius 1 is 1.44 bits per heavy atom. The van der Waals surface area contributed by atoms with E-state index in [-0.39, 0.29) is 16.5 Å². The van der Waals surface area contributed by atoms with Gasteiger partial charge in [-0.1, -0.05) is 17.7 Å². The Labute approximate surface area is 98.1 Å². The molecule has 0 spiro atoms. The molecule has 4 nitrogen and oxygen atoms in total. The largest absolute Gasteiger partial charge is 0.366 e. The number of carbonyl (C=O) groups excluding carboxylic acids is 2. The van der Waals surface area contributed by atoms with E-state index < -0.39 is 5.91 Å². The van der Waals surface area contributed by atoms with E-state index in [1.165, 1.54) is 18.2 Å². The highest BCUT2D eigenvalue weighted by Gasteiger charge is 2.07. The number of hydrogen-bond donors (Lipinski definition) is 2. The minimum Gasteiger partial charge on any atom is -0.366 e. The molecule has 2 amide bonds. The second kappa shape index (κ2) is 5.32. The second-order valence-electron chi connectivity index (χ2n) is 3.05. The predicted molar refractivity (Wildman–Crippen MR) is 63.4 cm³/mol. The zero-order valence-electron chi connectivity index (χ0n) is 8.66. The summed E-state index contributed by atoms with van der Waals surface area (Å²) in [6.45, 7) is 1.74. The maximum absolute atomic E-state index is 11.2. The molecule has 0 aromatic heterocycles. The van der Waals surface area contributed by atoms with Crippen molar-refractivity contribution in [1.82, 2.24) is 0 Å². The number of carbonyl (C=O) groups is 2. The lowest BCUT2D eigenvalue weighted by molar-refractivity contribution is -0.111. The van der Waals surface area contributed by atoms with Crippen LogP contribution in [0.25, 0.3) is 0 Å². The van der Waals surface area contributed by atoms with Crippen LogP contribution in [0.3, 0.4) is 0 Å². The Morgan fingerprint density at radius 3 is 2.62 bits per heavy atom. The summed E-state index contributed by atoms with van der Waals surface area (Å²) in [5.74, 6) is -0.860. The fourth-order valence-electron chi connectivity index (χ4n) is 1.13. The van der Waals surface area contributed by atoms with Crippen molar-refractivity contribution < 1.29 is 9.59 Å². The molecule has 0 aliphatic carbocycles. The molecule has 0 atom stereocenters. The van der Waals surface area contributed by atoms with Gasteiger partial charge in [-0.25, -0.2) is 0 Å². The fraction of sp³-hybridized carbons (Fsp3) is 0.0909. The van der Waals surface area contributed by atoms with Crippen molar-refractivity contribution in [3.8, 4) is 0 Å². The summed E-state index contributed by atoms with van der Waals surface area (Å²) in [5, 5.41) is 2.80. The average Bonchev–Trinajstić information content (AvgIpc) is 2.17. The van der Waals surface area contributed by atoms with Crippen molar-refractivity contribution in [1.29, 1.82) is 0 Å². The van der Waals surface area contributed by atoms with Crippen LogP contribution in [0.15, 0.2) is 30.4 Å². The minimum atomic E-state index is -0.601. The summed E-state index contributed by atoms with van der Waals surface area (Å²) in [6, 6.07) is 4.51. The van der Waals surface area contributed by atoms with Gasteiger partial charge in [0.2, 0.25) is 11.8 Å². The van der Waals surface area contributed by atoms with E-state index in [4.69, 9.17) is 17.3 Å². The van der Waals surface area contributed by atoms with Crippen molar-refractivity contribution in [3.63, 3.8) is 0 Å². The number of anilines is 1. The zero-order chi connectivity index (χ0) is 12.1. The van der Waals surface area contributed by atoms with Gasteiger partial charge in [-0.3, -0.25) is 9.59 Å². The van der Waals surface area contributed by atoms with Gasteiger partial charge in [0, 0.05) is 5.69 Å². The lowest BCUT2D eigenvalue weighted by Gasteiger charge is -2.04. The smallest absolute Gasteiger partial charge is 0.250 e. The van der Waals surface area contributed by atoms with Gasteiger partial charge < -0.3 is 11.1 Å². The summed E-state index contributed by atoms with van der Waals surface area (Å²) in [5.41, 5.74) is 5.83. The molecular weight excluding hydrogens is 228 g/mol. The Morgan fingerprint density at radius 2 is 2.12 bits per heavy atom. The molecule has 84 valence electrons. The highest BCUT2D eigenvalue weighted by atomic mass is 35.5. The summed E-state index contributed by atoms with van der Waals surface area (Å²) >= 11 is 5.81. The zero-order valence-corrected chi connectivity index (χ0v) is 9.41. The summed E-state index contributed by atoms with van der Waals surface area (Å²) in [6.07, 6.45) is 3.00. The highest BCUT2D eigenvalue weighted by Crippen LogP contribution is 2.20. The average molecular weight is 239 g/mol. The van der Waals surface area contributed by atoms with Crippen LogP contribution < -0.4 is 11.1 Å². The molecule has 16 heavy (non-hydrogen) atoms. The number of hydrogen-bond acceptors (Lipinski definition) is 2. The first-order valence-electron chi connectivity index (χ1n) is 4.57. The molecule has 1 aromatic carbocycles. The Hall–Kier alpha value is -1.81. The Bertz CT molecular complexity index is 455. The van der Waals surface area contributed by atoms with Crippen LogP contribution in [0.1, 0.15) is 17.3 Å². The van der Waals surface area contributed by atoms with Crippen LogP contribution in [0.2, 0.25) is 5.02 Å². The van der Waals surface area contributed by atoms with Crippen molar-refractivity contribution in [2.75, 3.05) is 5.32 Å². The number of amides is 2. The van der Waals surface area contributed by atoms with Gasteiger partial charge in [0.15, 0.2) is 0 Å². The van der Waals surface area contributed by atoms with E-state index >= 15 is 0 Å². The summed E-state index contributed by atoms with van der Waals surface area (Å²) in [4.78, 5) is 22.1. The summed E-state index contributed by atoms with van der Waals surface area (Å²) in [7, 11) is 0. The van der Waals surface area contributed by atoms with Gasteiger partial charge in [-0.2, -0.15) is 0 Å². The van der Waals surface area contributed by atoms with E-state index in [0.717, 1.165) is 0 Å². The van der Waals surface area contributed by atoms with Crippen molar-refractivity contribution in [2.45, 2.75) is 6.92 Å². The Balaban J connectivity index is 2.89. The monoisotopic (exact) mass is 238 g/mol. The van der Waals surface area contributed by atoms with E-state index in [9.17, 15) is 9.59 Å². The van der Waals surface area contributed by atoms with Crippen molar-refractivity contribution in [2.24, 2.45) is 5.73 Å². The molecule has 0 heterocycles. The van der Waals surface area contributed by atoms with Gasteiger partial charge in [0.1, 0.15) is 0 Å². The highest BCUT2D eigenvalue weighted by molar-refractivity contribution is 6.34. The van der Waals surface area contributed by atoms with E-state index in [1.54, 1.807) is 19.1 Å². The maximum atomic E-state index is 11.2. The Kier molecular flexibility index (Phi) is 4.08. The standard InChI is InChI=1S/C11H11ClN2O2/c1-2-3-10(15)14-7-4-5-8(11(13)16)9(12)6-7/h2-6H,1H3,(H2,13,16)(H,14,15). The van der Waals surface area contributed by atoms with Gasteiger partial charge in [0.05, 0.1) is 10.6 Å². The first kappa shape index (κ1) is 12.3. The maximum Gasteiger partial charge on any atom is 0.250 e. The van der Waals surface area contributed by atoms with Gasteiger partial charge in [-0.15, -0.1) is 0 Å². The number of rotatable bonds is 3. The van der Waals surface area contributed by atoms with Crippen LogP contribution in [-0.4, -0.2) is 11.8 Å². The van der Waals surface area contributed by atoms with Crippen LogP contribution in [-0.2, 0) is 4.79 Å². The van der Waals surface area contributed by atoms with Crippen LogP contribution >= 0.6 is 11.6 Å². The molecule has 0 radical (unpaired) electrons. The van der Waals surface area contributed by atoms with Gasteiger partial charge in [-0.05, 0) is 31.2 Å². The molecule has 0 saturated carbocycles. The van der Waals surface area contributed by atoms with Gasteiger partial charge >= 0.3 is 0 Å². The molecule has 0 aliphatic rings. The third kappa shape index (κ3) is 3.10.